The molecule has 0 saturated heterocycles. The number of amides is 1. The molecule has 162 valence electrons. The highest BCUT2D eigenvalue weighted by Crippen LogP contribution is 2.30. The van der Waals surface area contributed by atoms with E-state index in [4.69, 9.17) is 4.74 Å². The van der Waals surface area contributed by atoms with Crippen molar-refractivity contribution in [2.75, 3.05) is 5.32 Å². The second-order valence-electron chi connectivity index (χ2n) is 6.22. The zero-order chi connectivity index (χ0) is 22.9. The van der Waals surface area contributed by atoms with Gasteiger partial charge in [-0.25, -0.2) is 14.8 Å². The van der Waals surface area contributed by atoms with Crippen molar-refractivity contribution in [1.29, 1.82) is 0 Å². The summed E-state index contributed by atoms with van der Waals surface area (Å²) in [7, 11) is 2.35. The number of ether oxygens (including phenoxy) is 1. The highest BCUT2D eigenvalue weighted by atomic mass is 19.4. The van der Waals surface area contributed by atoms with E-state index in [1.165, 1.54) is 31.3 Å². The number of carbonyl (C=O) groups excluding carboxylic acids is 1. The van der Waals surface area contributed by atoms with E-state index in [0.717, 1.165) is 11.6 Å². The first-order chi connectivity index (χ1) is 14.5. The molecule has 0 aliphatic heterocycles. The summed E-state index contributed by atoms with van der Waals surface area (Å²) in [4.78, 5) is 43.1. The van der Waals surface area contributed by atoms with Gasteiger partial charge in [0.25, 0.3) is 11.5 Å². The van der Waals surface area contributed by atoms with Crippen molar-refractivity contribution in [1.82, 2.24) is 19.1 Å². The fourth-order valence-corrected chi connectivity index (χ4v) is 2.50. The maximum Gasteiger partial charge on any atom is 0.433 e. The Morgan fingerprint density at radius 3 is 2.35 bits per heavy atom. The first-order valence-corrected chi connectivity index (χ1v) is 8.46. The van der Waals surface area contributed by atoms with Gasteiger partial charge in [0.1, 0.15) is 12.1 Å². The van der Waals surface area contributed by atoms with E-state index in [0.29, 0.717) is 17.0 Å². The number of benzene rings is 1. The van der Waals surface area contributed by atoms with Gasteiger partial charge in [-0.3, -0.25) is 18.7 Å². The Kier molecular flexibility index (Phi) is 5.51. The van der Waals surface area contributed by atoms with Crippen LogP contribution < -0.4 is 21.3 Å². The molecule has 1 aromatic carbocycles. The van der Waals surface area contributed by atoms with Gasteiger partial charge in [-0.2, -0.15) is 13.2 Å². The molecule has 1 amide bonds. The highest BCUT2D eigenvalue weighted by molar-refractivity contribution is 6.05. The highest BCUT2D eigenvalue weighted by Gasteiger charge is 2.33. The number of rotatable bonds is 4. The van der Waals surface area contributed by atoms with Crippen LogP contribution in [0.5, 0.6) is 17.5 Å². The van der Waals surface area contributed by atoms with E-state index in [1.807, 2.05) is 0 Å². The number of alkyl halides is 3. The van der Waals surface area contributed by atoms with Crippen LogP contribution in [0.1, 0.15) is 16.1 Å². The molecule has 0 bridgehead atoms. The molecule has 10 nitrogen and oxygen atoms in total. The quantitative estimate of drug-likeness (QED) is 0.635. The Balaban J connectivity index is 1.79. The molecule has 0 radical (unpaired) electrons. The normalized spacial score (nSPS) is 11.3. The number of hydrogen-bond acceptors (Lipinski definition) is 7. The van der Waals surface area contributed by atoms with Crippen LogP contribution in [0, 0.1) is 0 Å². The fraction of sp³-hybridized carbons (Fsp3) is 0.167. The molecule has 0 aliphatic rings. The second-order valence-corrected chi connectivity index (χ2v) is 6.22. The smallest absolute Gasteiger partial charge is 0.433 e. The second kappa shape index (κ2) is 7.93. The number of aromatic nitrogens is 4. The van der Waals surface area contributed by atoms with E-state index in [1.54, 1.807) is 0 Å². The third kappa shape index (κ3) is 4.39. The van der Waals surface area contributed by atoms with Crippen molar-refractivity contribution in [3.05, 3.63) is 68.8 Å². The van der Waals surface area contributed by atoms with Gasteiger partial charge >= 0.3 is 11.9 Å². The molecule has 0 aliphatic carbocycles. The summed E-state index contributed by atoms with van der Waals surface area (Å²) >= 11 is 0. The summed E-state index contributed by atoms with van der Waals surface area (Å²) < 4.78 is 44.8. The first kappa shape index (κ1) is 21.5. The molecule has 0 unspecified atom stereocenters. The van der Waals surface area contributed by atoms with E-state index in [-0.39, 0.29) is 17.3 Å². The monoisotopic (exact) mass is 437 g/mol. The SMILES string of the molecule is Cn1c(O)c(C(=O)Nc2ccc(Oc3cc(C(F)(F)F)ncn3)cc2)c(=O)n(C)c1=O. The first-order valence-electron chi connectivity index (χ1n) is 8.46. The molecule has 0 saturated carbocycles. The minimum atomic E-state index is -4.65. The number of anilines is 1. The molecule has 2 N–H and O–H groups in total. The Hall–Kier alpha value is -4.16. The number of hydrogen-bond donors (Lipinski definition) is 2. The maximum absolute atomic E-state index is 12.7. The number of aromatic hydroxyl groups is 1. The summed E-state index contributed by atoms with van der Waals surface area (Å²) in [6.07, 6.45) is -3.94. The Bertz CT molecular complexity index is 1270. The van der Waals surface area contributed by atoms with Crippen molar-refractivity contribution in [2.24, 2.45) is 14.1 Å². The van der Waals surface area contributed by atoms with Crippen molar-refractivity contribution >= 4 is 11.6 Å². The van der Waals surface area contributed by atoms with Gasteiger partial charge in [0.15, 0.2) is 11.3 Å². The van der Waals surface area contributed by atoms with Crippen LogP contribution in [0.2, 0.25) is 0 Å². The Morgan fingerprint density at radius 2 is 1.74 bits per heavy atom. The molecule has 0 atom stereocenters. The number of carbonyl (C=O) groups is 1. The standard InChI is InChI=1S/C18H14F3N5O5/c1-25-15(28)13(16(29)26(2)17(25)30)14(27)24-9-3-5-10(6-4-9)31-12-7-11(18(19,20)21)22-8-23-12/h3-8,28H,1-2H3,(H,24,27). The molecule has 2 heterocycles. The molecular formula is C18H14F3N5O5. The zero-order valence-corrected chi connectivity index (χ0v) is 16.0. The van der Waals surface area contributed by atoms with Gasteiger partial charge in [0.2, 0.25) is 11.8 Å². The summed E-state index contributed by atoms with van der Waals surface area (Å²) in [5.74, 6) is -1.98. The van der Waals surface area contributed by atoms with Crippen LogP contribution in [0.3, 0.4) is 0 Å². The molecular weight excluding hydrogens is 423 g/mol. The predicted molar refractivity (Wildman–Crippen MR) is 100 cm³/mol. The van der Waals surface area contributed by atoms with E-state index >= 15 is 0 Å². The number of halogens is 3. The lowest BCUT2D eigenvalue weighted by Crippen LogP contribution is -2.40. The van der Waals surface area contributed by atoms with E-state index in [2.05, 4.69) is 15.3 Å². The minimum absolute atomic E-state index is 0.116. The molecule has 3 rings (SSSR count). The van der Waals surface area contributed by atoms with Crippen molar-refractivity contribution < 1.29 is 27.8 Å². The third-order valence-corrected chi connectivity index (χ3v) is 4.13. The number of nitrogens with one attached hydrogen (secondary N) is 1. The van der Waals surface area contributed by atoms with Gasteiger partial charge in [0, 0.05) is 25.8 Å². The lowest BCUT2D eigenvalue weighted by atomic mass is 10.2. The van der Waals surface area contributed by atoms with E-state index in [9.17, 15) is 32.7 Å². The van der Waals surface area contributed by atoms with Crippen LogP contribution in [0.4, 0.5) is 18.9 Å². The molecule has 0 spiro atoms. The molecule has 13 heteroatoms. The van der Waals surface area contributed by atoms with Crippen molar-refractivity contribution in [3.8, 4) is 17.5 Å². The van der Waals surface area contributed by atoms with Gasteiger partial charge in [-0.1, -0.05) is 0 Å². The largest absolute Gasteiger partial charge is 0.494 e. The Labute approximate surface area is 171 Å². The number of nitrogens with zero attached hydrogens (tertiary/aromatic N) is 4. The fourth-order valence-electron chi connectivity index (χ4n) is 2.50. The summed E-state index contributed by atoms with van der Waals surface area (Å²) in [6.45, 7) is 0. The van der Waals surface area contributed by atoms with Crippen molar-refractivity contribution in [3.63, 3.8) is 0 Å². The van der Waals surface area contributed by atoms with Gasteiger partial charge < -0.3 is 15.2 Å². The third-order valence-electron chi connectivity index (χ3n) is 4.13. The molecule has 2 aromatic heterocycles. The average Bonchev–Trinajstić information content (AvgIpc) is 2.72. The summed E-state index contributed by atoms with van der Waals surface area (Å²) in [5, 5.41) is 12.4. The van der Waals surface area contributed by atoms with Crippen LogP contribution >= 0.6 is 0 Å². The molecule has 3 aromatic rings. The lowest BCUT2D eigenvalue weighted by molar-refractivity contribution is -0.141. The topological polar surface area (TPSA) is 128 Å². The van der Waals surface area contributed by atoms with Crippen LogP contribution in [-0.4, -0.2) is 30.1 Å². The van der Waals surface area contributed by atoms with Gasteiger partial charge in [0.05, 0.1) is 0 Å². The Morgan fingerprint density at radius 1 is 1.10 bits per heavy atom. The minimum Gasteiger partial charge on any atom is -0.494 e. The predicted octanol–water partition coefficient (Wildman–Crippen LogP) is 1.64. The lowest BCUT2D eigenvalue weighted by Gasteiger charge is -2.11. The van der Waals surface area contributed by atoms with Crippen molar-refractivity contribution in [2.45, 2.75) is 6.18 Å². The summed E-state index contributed by atoms with van der Waals surface area (Å²) in [5.41, 5.74) is -3.40. The zero-order valence-electron chi connectivity index (χ0n) is 16.0. The molecule has 31 heavy (non-hydrogen) atoms. The van der Waals surface area contributed by atoms with Crippen LogP contribution in [0.15, 0.2) is 46.2 Å². The van der Waals surface area contributed by atoms with Gasteiger partial charge in [-0.05, 0) is 24.3 Å². The molecule has 0 fully saturated rings. The van der Waals surface area contributed by atoms with Crippen LogP contribution in [0.25, 0.3) is 0 Å². The van der Waals surface area contributed by atoms with Crippen LogP contribution in [-0.2, 0) is 20.3 Å². The van der Waals surface area contributed by atoms with E-state index < -0.39 is 40.5 Å². The van der Waals surface area contributed by atoms with Gasteiger partial charge in [-0.15, -0.1) is 0 Å². The average molecular weight is 437 g/mol. The summed E-state index contributed by atoms with van der Waals surface area (Å²) in [6, 6.07) is 6.01. The maximum atomic E-state index is 12.7.